The average molecular weight is 396 g/mol. The highest BCUT2D eigenvalue weighted by molar-refractivity contribution is 6.30. The Kier molecular flexibility index (Phi) is 8.39. The summed E-state index contributed by atoms with van der Waals surface area (Å²) in [4.78, 5) is 35.1. The van der Waals surface area contributed by atoms with Crippen LogP contribution in [0.4, 0.5) is 4.79 Å². The van der Waals surface area contributed by atoms with Crippen molar-refractivity contribution >= 4 is 29.5 Å². The Morgan fingerprint density at radius 1 is 1.15 bits per heavy atom. The topological polar surface area (TPSA) is 111 Å². The fourth-order valence-corrected chi connectivity index (χ4v) is 3.32. The molecule has 0 bridgehead atoms. The van der Waals surface area contributed by atoms with E-state index in [9.17, 15) is 14.4 Å². The van der Waals surface area contributed by atoms with Crippen molar-refractivity contribution in [1.82, 2.24) is 10.6 Å². The van der Waals surface area contributed by atoms with Crippen LogP contribution in [0.3, 0.4) is 0 Å². The van der Waals surface area contributed by atoms with E-state index >= 15 is 0 Å². The molecule has 3 amide bonds. The summed E-state index contributed by atoms with van der Waals surface area (Å²) in [6.07, 6.45) is 5.78. The molecule has 27 heavy (non-hydrogen) atoms. The van der Waals surface area contributed by atoms with E-state index in [4.69, 9.17) is 22.1 Å². The van der Waals surface area contributed by atoms with Crippen molar-refractivity contribution in [2.45, 2.75) is 44.6 Å². The molecular formula is C19H26ClN3O4. The first-order valence-electron chi connectivity index (χ1n) is 9.18. The number of rotatable bonds is 8. The summed E-state index contributed by atoms with van der Waals surface area (Å²) >= 11 is 5.85. The van der Waals surface area contributed by atoms with Gasteiger partial charge in [-0.25, -0.2) is 4.79 Å². The number of hydrogen-bond acceptors (Lipinski definition) is 4. The zero-order chi connectivity index (χ0) is 19.6. The van der Waals surface area contributed by atoms with Crippen LogP contribution in [0.5, 0.6) is 0 Å². The minimum Gasteiger partial charge on any atom is -0.456 e. The third kappa shape index (κ3) is 7.86. The first-order valence-corrected chi connectivity index (χ1v) is 9.55. The lowest BCUT2D eigenvalue weighted by atomic mass is 9.89. The molecule has 0 saturated heterocycles. The first-order chi connectivity index (χ1) is 12.9. The fraction of sp³-hybridized carbons (Fsp3) is 0.526. The standard InChI is InChI=1S/C19H26ClN3O4/c20-15-8-6-14(7-9-15)16(23-19(21)26)10-18(25)27-12-17(24)22-11-13-4-2-1-3-5-13/h6-9,13,16H,1-5,10-12H2,(H,22,24)(H3,21,23,26)/t16-/m0/s1. The van der Waals surface area contributed by atoms with Gasteiger partial charge in [-0.15, -0.1) is 0 Å². The molecule has 0 aliphatic heterocycles. The Labute approximate surface area is 164 Å². The van der Waals surface area contributed by atoms with Crippen LogP contribution in [0, 0.1) is 5.92 Å². The van der Waals surface area contributed by atoms with E-state index in [1.165, 1.54) is 19.3 Å². The second kappa shape index (κ2) is 10.8. The molecular weight excluding hydrogens is 370 g/mol. The number of urea groups is 1. The van der Waals surface area contributed by atoms with Crippen molar-refractivity contribution in [3.8, 4) is 0 Å². The number of halogens is 1. The van der Waals surface area contributed by atoms with Crippen molar-refractivity contribution in [1.29, 1.82) is 0 Å². The Hall–Kier alpha value is -2.28. The van der Waals surface area contributed by atoms with Gasteiger partial charge in [0.15, 0.2) is 6.61 Å². The van der Waals surface area contributed by atoms with Gasteiger partial charge in [0.2, 0.25) is 0 Å². The Morgan fingerprint density at radius 2 is 1.81 bits per heavy atom. The van der Waals surface area contributed by atoms with E-state index in [1.54, 1.807) is 24.3 Å². The van der Waals surface area contributed by atoms with Crippen LogP contribution in [0.1, 0.15) is 50.1 Å². The van der Waals surface area contributed by atoms with Crippen molar-refractivity contribution in [3.05, 3.63) is 34.9 Å². The van der Waals surface area contributed by atoms with Crippen LogP contribution < -0.4 is 16.4 Å². The molecule has 1 fully saturated rings. The first kappa shape index (κ1) is 21.0. The second-order valence-corrected chi connectivity index (χ2v) is 7.22. The number of amides is 3. The molecule has 1 atom stereocenters. The maximum atomic E-state index is 12.1. The molecule has 1 aliphatic carbocycles. The van der Waals surface area contributed by atoms with E-state index in [0.29, 0.717) is 23.0 Å². The summed E-state index contributed by atoms with van der Waals surface area (Å²) in [7, 11) is 0. The molecule has 0 spiro atoms. The highest BCUT2D eigenvalue weighted by Gasteiger charge is 2.20. The number of carbonyl (C=O) groups is 3. The number of ether oxygens (including phenoxy) is 1. The van der Waals surface area contributed by atoms with Crippen LogP contribution in [0.15, 0.2) is 24.3 Å². The van der Waals surface area contributed by atoms with E-state index in [2.05, 4.69) is 10.6 Å². The van der Waals surface area contributed by atoms with Crippen LogP contribution in [0.25, 0.3) is 0 Å². The lowest BCUT2D eigenvalue weighted by molar-refractivity contribution is -0.149. The molecule has 0 unspecified atom stereocenters. The quantitative estimate of drug-likeness (QED) is 0.587. The summed E-state index contributed by atoms with van der Waals surface area (Å²) in [5.74, 6) is -0.413. The van der Waals surface area contributed by atoms with Crippen molar-refractivity contribution in [2.75, 3.05) is 13.2 Å². The summed E-state index contributed by atoms with van der Waals surface area (Å²) in [6, 6.07) is 5.26. The molecule has 8 heteroatoms. The predicted molar refractivity (Wildman–Crippen MR) is 102 cm³/mol. The Balaban J connectivity index is 1.77. The number of benzene rings is 1. The van der Waals surface area contributed by atoms with Gasteiger partial charge in [-0.1, -0.05) is 43.0 Å². The van der Waals surface area contributed by atoms with Gasteiger partial charge in [0.25, 0.3) is 5.91 Å². The molecule has 0 heterocycles. The van der Waals surface area contributed by atoms with E-state index in [1.807, 2.05) is 0 Å². The van der Waals surface area contributed by atoms with Crippen molar-refractivity contribution < 1.29 is 19.1 Å². The molecule has 2 rings (SSSR count). The zero-order valence-corrected chi connectivity index (χ0v) is 16.0. The highest BCUT2D eigenvalue weighted by Crippen LogP contribution is 2.23. The SMILES string of the molecule is NC(=O)N[C@@H](CC(=O)OCC(=O)NCC1CCCCC1)c1ccc(Cl)cc1. The highest BCUT2D eigenvalue weighted by atomic mass is 35.5. The molecule has 7 nitrogen and oxygen atoms in total. The van der Waals surface area contributed by atoms with Crippen molar-refractivity contribution in [2.24, 2.45) is 11.7 Å². The largest absolute Gasteiger partial charge is 0.456 e. The van der Waals surface area contributed by atoms with Crippen LogP contribution >= 0.6 is 11.6 Å². The molecule has 1 saturated carbocycles. The molecule has 4 N–H and O–H groups in total. The third-order valence-electron chi connectivity index (χ3n) is 4.64. The molecule has 148 valence electrons. The summed E-state index contributed by atoms with van der Waals surface area (Å²) in [6.45, 7) is 0.280. The summed E-state index contributed by atoms with van der Waals surface area (Å²) < 4.78 is 5.03. The van der Waals surface area contributed by atoms with Gasteiger partial charge in [-0.2, -0.15) is 0 Å². The molecule has 1 aromatic carbocycles. The van der Waals surface area contributed by atoms with Gasteiger partial charge in [0, 0.05) is 11.6 Å². The monoisotopic (exact) mass is 395 g/mol. The number of esters is 1. The average Bonchev–Trinajstić information content (AvgIpc) is 2.65. The Morgan fingerprint density at radius 3 is 2.44 bits per heavy atom. The minimum atomic E-state index is -0.757. The lowest BCUT2D eigenvalue weighted by Gasteiger charge is -2.21. The van der Waals surface area contributed by atoms with E-state index in [0.717, 1.165) is 12.8 Å². The smallest absolute Gasteiger partial charge is 0.312 e. The summed E-state index contributed by atoms with van der Waals surface area (Å²) in [5.41, 5.74) is 5.84. The Bertz CT molecular complexity index is 645. The lowest BCUT2D eigenvalue weighted by Crippen LogP contribution is -2.36. The normalized spacial score (nSPS) is 15.6. The molecule has 1 aliphatic rings. The van der Waals surface area contributed by atoms with E-state index < -0.39 is 18.0 Å². The number of nitrogens with two attached hydrogens (primary N) is 1. The van der Waals surface area contributed by atoms with Crippen molar-refractivity contribution in [3.63, 3.8) is 0 Å². The van der Waals surface area contributed by atoms with Gasteiger partial charge >= 0.3 is 12.0 Å². The molecule has 0 aromatic heterocycles. The summed E-state index contributed by atoms with van der Waals surface area (Å²) in [5, 5.41) is 5.84. The van der Waals surface area contributed by atoms with Gasteiger partial charge in [-0.3, -0.25) is 9.59 Å². The third-order valence-corrected chi connectivity index (χ3v) is 4.89. The number of nitrogens with one attached hydrogen (secondary N) is 2. The maximum Gasteiger partial charge on any atom is 0.312 e. The van der Waals surface area contributed by atoms with Gasteiger partial charge in [0.05, 0.1) is 12.5 Å². The molecule has 0 radical (unpaired) electrons. The maximum absolute atomic E-state index is 12.1. The van der Waals surface area contributed by atoms with Gasteiger partial charge in [0.1, 0.15) is 0 Å². The van der Waals surface area contributed by atoms with Gasteiger partial charge in [-0.05, 0) is 36.5 Å². The number of primary amides is 1. The minimum absolute atomic E-state index is 0.138. The fourth-order valence-electron chi connectivity index (χ4n) is 3.19. The van der Waals surface area contributed by atoms with Crippen LogP contribution in [-0.2, 0) is 14.3 Å². The number of carbonyl (C=O) groups excluding carboxylic acids is 3. The second-order valence-electron chi connectivity index (χ2n) is 6.79. The van der Waals surface area contributed by atoms with Crippen LogP contribution in [-0.4, -0.2) is 31.1 Å². The zero-order valence-electron chi connectivity index (χ0n) is 15.2. The van der Waals surface area contributed by atoms with E-state index in [-0.39, 0.29) is 18.9 Å². The molecule has 1 aromatic rings. The van der Waals surface area contributed by atoms with Gasteiger partial charge < -0.3 is 21.1 Å². The predicted octanol–water partition coefficient (Wildman–Crippen LogP) is 2.68. The number of hydrogen-bond donors (Lipinski definition) is 3. The van der Waals surface area contributed by atoms with Crippen LogP contribution in [0.2, 0.25) is 5.02 Å².